The second kappa shape index (κ2) is 6.06. The maximum absolute atomic E-state index is 12.0. The van der Waals surface area contributed by atoms with Gasteiger partial charge < -0.3 is 15.5 Å². The minimum Gasteiger partial charge on any atom is -0.332 e. The Bertz CT molecular complexity index is 428. The van der Waals surface area contributed by atoms with Crippen LogP contribution >= 0.6 is 0 Å². The summed E-state index contributed by atoms with van der Waals surface area (Å²) in [6.45, 7) is 9.11. The molecular formula is C13H23N5O. The van der Waals surface area contributed by atoms with E-state index in [1.165, 1.54) is 0 Å². The monoisotopic (exact) mass is 265 g/mol. The Morgan fingerprint density at radius 2 is 2.42 bits per heavy atom. The molecule has 19 heavy (non-hydrogen) atoms. The van der Waals surface area contributed by atoms with Crippen LogP contribution in [0.5, 0.6) is 0 Å². The second-order valence-electron chi connectivity index (χ2n) is 5.34. The molecule has 6 heteroatoms. The van der Waals surface area contributed by atoms with Gasteiger partial charge in [-0.3, -0.25) is 4.68 Å². The Kier molecular flexibility index (Phi) is 4.42. The molecule has 0 bridgehead atoms. The van der Waals surface area contributed by atoms with Gasteiger partial charge in [-0.25, -0.2) is 4.79 Å². The van der Waals surface area contributed by atoms with Crippen LogP contribution in [-0.4, -0.2) is 46.4 Å². The predicted octanol–water partition coefficient (Wildman–Crippen LogP) is 0.967. The molecule has 1 saturated heterocycles. The molecule has 2 rings (SSSR count). The molecule has 106 valence electrons. The van der Waals surface area contributed by atoms with Crippen LogP contribution in [0.1, 0.15) is 32.5 Å². The van der Waals surface area contributed by atoms with Crippen molar-refractivity contribution in [2.75, 3.05) is 19.6 Å². The Hall–Kier alpha value is -1.56. The number of hydrogen-bond acceptors (Lipinski definition) is 3. The lowest BCUT2D eigenvalue weighted by Crippen LogP contribution is -2.53. The lowest BCUT2D eigenvalue weighted by molar-refractivity contribution is 0.179. The van der Waals surface area contributed by atoms with E-state index in [9.17, 15) is 4.79 Å². The fourth-order valence-corrected chi connectivity index (χ4v) is 2.15. The quantitative estimate of drug-likeness (QED) is 0.856. The Labute approximate surface area is 114 Å². The zero-order valence-electron chi connectivity index (χ0n) is 11.9. The zero-order chi connectivity index (χ0) is 13.8. The van der Waals surface area contributed by atoms with E-state index in [1.807, 2.05) is 21.8 Å². The highest BCUT2D eigenvalue weighted by molar-refractivity contribution is 5.74. The molecule has 0 aliphatic carbocycles. The third kappa shape index (κ3) is 3.70. The second-order valence-corrected chi connectivity index (χ2v) is 5.34. The van der Waals surface area contributed by atoms with E-state index in [4.69, 9.17) is 0 Å². The van der Waals surface area contributed by atoms with Crippen LogP contribution in [0.2, 0.25) is 0 Å². The number of nitrogens with zero attached hydrogens (tertiary/aromatic N) is 3. The summed E-state index contributed by atoms with van der Waals surface area (Å²) in [5, 5.41) is 10.7. The zero-order valence-corrected chi connectivity index (χ0v) is 11.9. The first kappa shape index (κ1) is 13.9. The van der Waals surface area contributed by atoms with E-state index in [0.29, 0.717) is 18.6 Å². The first-order valence-electron chi connectivity index (χ1n) is 6.86. The van der Waals surface area contributed by atoms with Gasteiger partial charge in [0.15, 0.2) is 0 Å². The summed E-state index contributed by atoms with van der Waals surface area (Å²) < 4.78 is 1.90. The Morgan fingerprint density at radius 1 is 1.63 bits per heavy atom. The van der Waals surface area contributed by atoms with Gasteiger partial charge in [0.1, 0.15) is 0 Å². The van der Waals surface area contributed by atoms with Crippen LogP contribution < -0.4 is 10.6 Å². The third-order valence-corrected chi connectivity index (χ3v) is 3.27. The van der Waals surface area contributed by atoms with Crippen molar-refractivity contribution in [2.45, 2.75) is 39.4 Å². The average Bonchev–Trinajstić information content (AvgIpc) is 2.85. The summed E-state index contributed by atoms with van der Waals surface area (Å²) in [6.07, 6.45) is 1.94. The van der Waals surface area contributed by atoms with Crippen LogP contribution in [0.4, 0.5) is 4.79 Å². The predicted molar refractivity (Wildman–Crippen MR) is 73.9 cm³/mol. The van der Waals surface area contributed by atoms with E-state index >= 15 is 0 Å². The normalized spacial score (nSPS) is 19.8. The number of nitrogens with one attached hydrogen (secondary N) is 2. The van der Waals surface area contributed by atoms with Crippen LogP contribution in [0.15, 0.2) is 12.3 Å². The van der Waals surface area contributed by atoms with E-state index in [-0.39, 0.29) is 6.03 Å². The van der Waals surface area contributed by atoms with Gasteiger partial charge >= 0.3 is 6.03 Å². The minimum atomic E-state index is -0.00699. The number of amides is 2. The van der Waals surface area contributed by atoms with Gasteiger partial charge in [0, 0.05) is 37.9 Å². The molecule has 2 N–H and O–H groups in total. The molecule has 2 amide bonds. The molecule has 6 nitrogen and oxygen atoms in total. The highest BCUT2D eigenvalue weighted by Gasteiger charge is 2.20. The van der Waals surface area contributed by atoms with Crippen LogP contribution in [0.25, 0.3) is 0 Å². The highest BCUT2D eigenvalue weighted by Crippen LogP contribution is 2.04. The summed E-state index contributed by atoms with van der Waals surface area (Å²) in [4.78, 5) is 13.9. The molecule has 2 heterocycles. The van der Waals surface area contributed by atoms with Gasteiger partial charge in [0.25, 0.3) is 0 Å². The minimum absolute atomic E-state index is 0.00699. The molecule has 0 unspecified atom stereocenters. The molecule has 1 aromatic rings. The van der Waals surface area contributed by atoms with Crippen LogP contribution in [0, 0.1) is 0 Å². The van der Waals surface area contributed by atoms with Crippen molar-refractivity contribution in [3.63, 3.8) is 0 Å². The first-order valence-corrected chi connectivity index (χ1v) is 6.86. The summed E-state index contributed by atoms with van der Waals surface area (Å²) >= 11 is 0. The molecule has 0 radical (unpaired) electrons. The number of rotatable bonds is 3. The van der Waals surface area contributed by atoms with Crippen molar-refractivity contribution in [3.8, 4) is 0 Å². The summed E-state index contributed by atoms with van der Waals surface area (Å²) in [5.41, 5.74) is 0.894. The topological polar surface area (TPSA) is 62.2 Å². The smallest absolute Gasteiger partial charge is 0.317 e. The molecule has 1 atom stereocenters. The van der Waals surface area contributed by atoms with Gasteiger partial charge in [-0.2, -0.15) is 5.10 Å². The maximum Gasteiger partial charge on any atom is 0.317 e. The van der Waals surface area contributed by atoms with Gasteiger partial charge in [-0.05, 0) is 26.8 Å². The third-order valence-electron chi connectivity index (χ3n) is 3.27. The highest BCUT2D eigenvalue weighted by atomic mass is 16.2. The molecule has 1 fully saturated rings. The molecule has 1 aliphatic heterocycles. The number of piperazine rings is 1. The summed E-state index contributed by atoms with van der Waals surface area (Å²) in [7, 11) is 0. The molecule has 1 aromatic heterocycles. The number of carbonyl (C=O) groups is 1. The standard InChI is InChI=1S/C13H23N5O/c1-10(2)18-6-4-12(16-18)8-15-13(19)17-7-5-14-11(3)9-17/h4,6,10-11,14H,5,7-9H2,1-3H3,(H,15,19)/t11-/m1/s1. The Morgan fingerprint density at radius 3 is 3.05 bits per heavy atom. The lowest BCUT2D eigenvalue weighted by atomic mass is 10.2. The summed E-state index contributed by atoms with van der Waals surface area (Å²) in [5.74, 6) is 0. The van der Waals surface area contributed by atoms with Gasteiger partial charge in [-0.1, -0.05) is 0 Å². The van der Waals surface area contributed by atoms with E-state index < -0.39 is 0 Å². The number of urea groups is 1. The van der Waals surface area contributed by atoms with Crippen LogP contribution in [-0.2, 0) is 6.54 Å². The molecule has 0 aromatic carbocycles. The molecule has 0 saturated carbocycles. The summed E-state index contributed by atoms with van der Waals surface area (Å²) in [6, 6.07) is 2.64. The number of hydrogen-bond donors (Lipinski definition) is 2. The van der Waals surface area contributed by atoms with Crippen molar-refractivity contribution in [2.24, 2.45) is 0 Å². The first-order chi connectivity index (χ1) is 9.06. The fourth-order valence-electron chi connectivity index (χ4n) is 2.15. The van der Waals surface area contributed by atoms with Gasteiger partial charge in [0.2, 0.25) is 0 Å². The van der Waals surface area contributed by atoms with Crippen molar-refractivity contribution in [3.05, 3.63) is 18.0 Å². The SMILES string of the molecule is CC(C)n1ccc(CNC(=O)N2CCN[C@H](C)C2)n1. The lowest BCUT2D eigenvalue weighted by Gasteiger charge is -2.31. The van der Waals surface area contributed by atoms with Gasteiger partial charge in [0.05, 0.1) is 12.2 Å². The number of aromatic nitrogens is 2. The van der Waals surface area contributed by atoms with Crippen molar-refractivity contribution >= 4 is 6.03 Å². The average molecular weight is 265 g/mol. The number of carbonyl (C=O) groups excluding carboxylic acids is 1. The van der Waals surface area contributed by atoms with Gasteiger partial charge in [-0.15, -0.1) is 0 Å². The largest absolute Gasteiger partial charge is 0.332 e. The molecule has 1 aliphatic rings. The van der Waals surface area contributed by atoms with Crippen LogP contribution in [0.3, 0.4) is 0 Å². The van der Waals surface area contributed by atoms with Crippen molar-refractivity contribution < 1.29 is 4.79 Å². The maximum atomic E-state index is 12.0. The Balaban J connectivity index is 1.82. The molecular weight excluding hydrogens is 242 g/mol. The fraction of sp³-hybridized carbons (Fsp3) is 0.692. The van der Waals surface area contributed by atoms with E-state index in [2.05, 4.69) is 36.5 Å². The van der Waals surface area contributed by atoms with E-state index in [1.54, 1.807) is 0 Å². The van der Waals surface area contributed by atoms with E-state index in [0.717, 1.165) is 25.3 Å². The van der Waals surface area contributed by atoms with Crippen molar-refractivity contribution in [1.82, 2.24) is 25.3 Å². The molecule has 0 spiro atoms. The van der Waals surface area contributed by atoms with Crippen molar-refractivity contribution in [1.29, 1.82) is 0 Å².